The van der Waals surface area contributed by atoms with Crippen LogP contribution in [0.3, 0.4) is 0 Å². The van der Waals surface area contributed by atoms with Crippen molar-refractivity contribution in [2.75, 3.05) is 23.3 Å². The first-order valence-corrected chi connectivity index (χ1v) is 14.0. The van der Waals surface area contributed by atoms with E-state index in [1.54, 1.807) is 31.0 Å². The highest BCUT2D eigenvalue weighted by molar-refractivity contribution is 6.12. The van der Waals surface area contributed by atoms with Crippen LogP contribution in [0.25, 0.3) is 28.0 Å². The zero-order valence-corrected chi connectivity index (χ0v) is 24.4. The van der Waals surface area contributed by atoms with Crippen LogP contribution in [0, 0.1) is 18.6 Å². The van der Waals surface area contributed by atoms with Gasteiger partial charge in [0.2, 0.25) is 11.8 Å². The van der Waals surface area contributed by atoms with Crippen molar-refractivity contribution in [3.8, 4) is 22.7 Å². The second-order valence-electron chi connectivity index (χ2n) is 11.3. The molecule has 11 nitrogen and oxygen atoms in total. The molecule has 2 aliphatic heterocycles. The summed E-state index contributed by atoms with van der Waals surface area (Å²) < 4.78 is 32.9. The lowest BCUT2D eigenvalue weighted by Gasteiger charge is -2.44. The lowest BCUT2D eigenvalue weighted by atomic mass is 10.0. The van der Waals surface area contributed by atoms with Crippen molar-refractivity contribution in [1.82, 2.24) is 24.4 Å². The number of amides is 2. The molecule has 6 rings (SSSR count). The Morgan fingerprint density at radius 1 is 1.18 bits per heavy atom. The van der Waals surface area contributed by atoms with Crippen molar-refractivity contribution < 1.29 is 23.5 Å². The highest BCUT2D eigenvalue weighted by Gasteiger charge is 2.43. The number of aryl methyl sites for hydroxylation is 1. The van der Waals surface area contributed by atoms with Crippen LogP contribution in [0.5, 0.6) is 5.75 Å². The molecule has 0 bridgehead atoms. The molecule has 1 fully saturated rings. The van der Waals surface area contributed by atoms with Gasteiger partial charge in [-0.2, -0.15) is 4.98 Å². The number of fused-ring (bicyclic) bond motifs is 2. The average molecular weight is 602 g/mol. The number of halogens is 2. The maximum Gasteiger partial charge on any atom is 0.355 e. The fraction of sp³-hybridized carbons (Fsp3) is 0.290. The average Bonchev–Trinajstić information content (AvgIpc) is 3.09. The quantitative estimate of drug-likeness (QED) is 0.338. The molecule has 0 saturated carbocycles. The fourth-order valence-corrected chi connectivity index (χ4v) is 6.00. The number of benzene rings is 1. The summed E-state index contributed by atoms with van der Waals surface area (Å²) in [6, 6.07) is 3.70. The van der Waals surface area contributed by atoms with Crippen LogP contribution in [0.15, 0.2) is 47.9 Å². The number of carbonyl (C=O) groups excluding carboxylic acids is 2. The molecule has 0 spiro atoms. The van der Waals surface area contributed by atoms with Gasteiger partial charge in [-0.3, -0.25) is 14.6 Å². The molecule has 0 aliphatic carbocycles. The van der Waals surface area contributed by atoms with E-state index in [9.17, 15) is 19.5 Å². The summed E-state index contributed by atoms with van der Waals surface area (Å²) in [5, 5.41) is 13.2. The number of hydrogen-bond donors (Lipinski definition) is 2. The molecule has 2 N–H and O–H groups in total. The van der Waals surface area contributed by atoms with Crippen LogP contribution in [-0.2, 0) is 9.59 Å². The molecule has 13 heteroatoms. The fourth-order valence-electron chi connectivity index (χ4n) is 6.00. The van der Waals surface area contributed by atoms with Gasteiger partial charge in [0.05, 0.1) is 34.6 Å². The predicted molar refractivity (Wildman–Crippen MR) is 160 cm³/mol. The van der Waals surface area contributed by atoms with Gasteiger partial charge in [0.25, 0.3) is 0 Å². The molecule has 1 saturated heterocycles. The molecule has 0 radical (unpaired) electrons. The lowest BCUT2D eigenvalue weighted by Crippen LogP contribution is -2.62. The predicted octanol–water partition coefficient (Wildman–Crippen LogP) is 3.80. The van der Waals surface area contributed by atoms with Crippen LogP contribution in [0.4, 0.5) is 20.3 Å². The molecule has 2 amide bonds. The highest BCUT2D eigenvalue weighted by Crippen LogP contribution is 2.43. The Kier molecular flexibility index (Phi) is 6.90. The van der Waals surface area contributed by atoms with Crippen LogP contribution < -0.4 is 15.9 Å². The number of aromatic nitrogens is 4. The van der Waals surface area contributed by atoms with Gasteiger partial charge in [0, 0.05) is 18.8 Å². The largest absolute Gasteiger partial charge is 0.507 e. The molecule has 226 valence electrons. The van der Waals surface area contributed by atoms with Gasteiger partial charge in [-0.15, -0.1) is 0 Å². The lowest BCUT2D eigenvalue weighted by molar-refractivity contribution is -0.130. The Bertz CT molecular complexity index is 1940. The second kappa shape index (κ2) is 10.5. The third-order valence-electron chi connectivity index (χ3n) is 8.12. The summed E-state index contributed by atoms with van der Waals surface area (Å²) in [6.45, 7) is 10.9. The third-order valence-corrected chi connectivity index (χ3v) is 8.12. The summed E-state index contributed by atoms with van der Waals surface area (Å²) >= 11 is 0. The molecule has 2 atom stereocenters. The van der Waals surface area contributed by atoms with Crippen molar-refractivity contribution >= 4 is 34.4 Å². The van der Waals surface area contributed by atoms with Crippen molar-refractivity contribution in [2.24, 2.45) is 0 Å². The number of nitrogens with one attached hydrogen (secondary N) is 1. The minimum Gasteiger partial charge on any atom is -0.507 e. The molecule has 3 aromatic heterocycles. The highest BCUT2D eigenvalue weighted by atomic mass is 19.1. The topological polar surface area (TPSA) is 134 Å². The van der Waals surface area contributed by atoms with Gasteiger partial charge in [-0.25, -0.2) is 23.1 Å². The van der Waals surface area contributed by atoms with Crippen molar-refractivity contribution in [3.05, 3.63) is 76.5 Å². The number of piperazine rings is 1. The number of anilines is 2. The number of carbonyl (C=O) groups is 2. The SMILES string of the molecule is C=CC(=O)N1CC2C(=O)Nc3c(F)c(-c4c(O)cccc4F)nc4c3c(nc(=O)n4-c3c(C)ccnc3C(C)C)N2CC1C. The molecule has 1 aromatic carbocycles. The van der Waals surface area contributed by atoms with Crippen molar-refractivity contribution in [2.45, 2.75) is 45.7 Å². The summed E-state index contributed by atoms with van der Waals surface area (Å²) in [5.74, 6) is -3.91. The standard InChI is InChI=1S/C31H29F2N7O4/c1-6-20(42)38-13-18-30(43)36-26-22-28(39(18)12-16(38)5)37-31(44)40(27-15(4)10-11-34-24(27)14(2)3)29(22)35-25(23(26)33)21-17(32)8-7-9-19(21)41/h6-11,14,16,18,41H,1,12-13H2,2-5H3,(H,36,43). The first kappa shape index (κ1) is 28.9. The minimum atomic E-state index is -1.13. The minimum absolute atomic E-state index is 0.00573. The van der Waals surface area contributed by atoms with E-state index in [2.05, 4.69) is 26.8 Å². The smallest absolute Gasteiger partial charge is 0.355 e. The molecule has 44 heavy (non-hydrogen) atoms. The molecule has 4 aromatic rings. The summed E-state index contributed by atoms with van der Waals surface area (Å²) in [6.07, 6.45) is 2.75. The van der Waals surface area contributed by atoms with Gasteiger partial charge in [0.1, 0.15) is 29.1 Å². The number of phenolic OH excluding ortho intramolecular Hbond substituents is 1. The van der Waals surface area contributed by atoms with E-state index in [1.807, 2.05) is 13.8 Å². The van der Waals surface area contributed by atoms with Crippen LogP contribution >= 0.6 is 0 Å². The van der Waals surface area contributed by atoms with E-state index in [-0.39, 0.29) is 41.5 Å². The maximum atomic E-state index is 16.6. The van der Waals surface area contributed by atoms with E-state index in [0.717, 1.165) is 12.1 Å². The van der Waals surface area contributed by atoms with Gasteiger partial charge < -0.3 is 20.2 Å². The van der Waals surface area contributed by atoms with Crippen molar-refractivity contribution in [1.29, 1.82) is 0 Å². The molecular formula is C31H29F2N7O4. The Labute approximate surface area is 250 Å². The van der Waals surface area contributed by atoms with Crippen LogP contribution in [-0.4, -0.2) is 66.5 Å². The van der Waals surface area contributed by atoms with Gasteiger partial charge in [-0.1, -0.05) is 26.5 Å². The summed E-state index contributed by atoms with van der Waals surface area (Å²) in [7, 11) is 0. The maximum absolute atomic E-state index is 16.6. The zero-order chi connectivity index (χ0) is 31.6. The number of phenols is 1. The Hall–Kier alpha value is -5.20. The molecular weight excluding hydrogens is 572 g/mol. The molecule has 2 unspecified atom stereocenters. The van der Waals surface area contributed by atoms with E-state index in [4.69, 9.17) is 0 Å². The normalized spacial score (nSPS) is 17.8. The number of nitrogens with zero attached hydrogens (tertiary/aromatic N) is 6. The monoisotopic (exact) mass is 601 g/mol. The van der Waals surface area contributed by atoms with Crippen LogP contribution in [0.1, 0.15) is 37.9 Å². The van der Waals surface area contributed by atoms with E-state index >= 15 is 8.78 Å². The molecule has 2 aliphatic rings. The number of pyridine rings is 2. The first-order valence-electron chi connectivity index (χ1n) is 14.0. The first-order chi connectivity index (χ1) is 20.9. The summed E-state index contributed by atoms with van der Waals surface area (Å²) in [4.78, 5) is 56.8. The zero-order valence-electron chi connectivity index (χ0n) is 24.4. The Balaban J connectivity index is 1.75. The number of rotatable bonds is 4. The molecule has 5 heterocycles. The van der Waals surface area contributed by atoms with E-state index in [0.29, 0.717) is 16.9 Å². The van der Waals surface area contributed by atoms with E-state index in [1.165, 1.54) is 21.6 Å². The van der Waals surface area contributed by atoms with Gasteiger partial charge in [-0.05, 0) is 49.6 Å². The van der Waals surface area contributed by atoms with Gasteiger partial charge >= 0.3 is 5.69 Å². The Morgan fingerprint density at radius 3 is 2.61 bits per heavy atom. The van der Waals surface area contributed by atoms with Crippen LogP contribution in [0.2, 0.25) is 0 Å². The summed E-state index contributed by atoms with van der Waals surface area (Å²) in [5.41, 5.74) is -0.903. The Morgan fingerprint density at radius 2 is 1.93 bits per heavy atom. The second-order valence-corrected chi connectivity index (χ2v) is 11.3. The van der Waals surface area contributed by atoms with Gasteiger partial charge in [0.15, 0.2) is 11.5 Å². The van der Waals surface area contributed by atoms with E-state index < -0.39 is 58.2 Å². The third kappa shape index (κ3) is 4.29. The number of aromatic hydroxyl groups is 1. The number of hydrogen-bond acceptors (Lipinski definition) is 8. The van der Waals surface area contributed by atoms with Crippen molar-refractivity contribution in [3.63, 3.8) is 0 Å².